The summed E-state index contributed by atoms with van der Waals surface area (Å²) >= 11 is 11.7. The van der Waals surface area contributed by atoms with Crippen LogP contribution in [0.4, 0.5) is 11.4 Å². The van der Waals surface area contributed by atoms with Crippen LogP contribution in [0.15, 0.2) is 12.1 Å². The van der Waals surface area contributed by atoms with E-state index < -0.39 is 0 Å². The molecule has 0 aliphatic carbocycles. The maximum atomic E-state index is 9.56. The number of rotatable bonds is 5. The Hall–Kier alpha value is -0.640. The van der Waals surface area contributed by atoms with E-state index in [0.29, 0.717) is 28.0 Å². The van der Waals surface area contributed by atoms with Crippen molar-refractivity contribution < 1.29 is 5.11 Å². The van der Waals surface area contributed by atoms with E-state index >= 15 is 0 Å². The molecule has 1 rings (SSSR count). The van der Waals surface area contributed by atoms with Crippen molar-refractivity contribution in [2.75, 3.05) is 17.6 Å². The molecule has 0 spiro atoms. The van der Waals surface area contributed by atoms with Crippen LogP contribution < -0.4 is 11.1 Å². The van der Waals surface area contributed by atoms with Gasteiger partial charge in [0, 0.05) is 6.54 Å². The first-order valence-electron chi connectivity index (χ1n) is 5.21. The molecule has 0 saturated heterocycles. The van der Waals surface area contributed by atoms with Gasteiger partial charge in [0.2, 0.25) is 0 Å². The van der Waals surface area contributed by atoms with Crippen LogP contribution in [0, 0.1) is 0 Å². The third kappa shape index (κ3) is 3.74. The fourth-order valence-corrected chi connectivity index (χ4v) is 1.71. The van der Waals surface area contributed by atoms with Crippen LogP contribution in [-0.2, 0) is 0 Å². The second kappa shape index (κ2) is 6.18. The molecule has 0 heterocycles. The number of halogens is 2. The van der Waals surface area contributed by atoms with E-state index in [1.165, 1.54) is 0 Å². The first-order valence-corrected chi connectivity index (χ1v) is 5.96. The molecule has 0 saturated carbocycles. The molecule has 0 aromatic heterocycles. The number of aliphatic hydroxyl groups excluding tert-OH is 1. The van der Waals surface area contributed by atoms with Crippen LogP contribution in [0.2, 0.25) is 10.0 Å². The number of anilines is 2. The van der Waals surface area contributed by atoms with Gasteiger partial charge in [0.15, 0.2) is 0 Å². The van der Waals surface area contributed by atoms with Gasteiger partial charge in [-0.15, -0.1) is 0 Å². The first kappa shape index (κ1) is 13.4. The number of hydrogen-bond donors (Lipinski definition) is 3. The lowest BCUT2D eigenvalue weighted by atomic mass is 10.2. The molecule has 1 aromatic carbocycles. The highest BCUT2D eigenvalue weighted by molar-refractivity contribution is 6.42. The summed E-state index contributed by atoms with van der Waals surface area (Å²) in [6.07, 6.45) is 1.33. The Kier molecular flexibility index (Phi) is 5.19. The van der Waals surface area contributed by atoms with Crippen molar-refractivity contribution >= 4 is 34.6 Å². The molecule has 3 nitrogen and oxygen atoms in total. The minimum absolute atomic E-state index is 0.376. The SMILES string of the molecule is CCCC(O)CNc1cc(Cl)c(Cl)cc1N. The summed E-state index contributed by atoms with van der Waals surface area (Å²) in [5.41, 5.74) is 6.99. The summed E-state index contributed by atoms with van der Waals surface area (Å²) < 4.78 is 0. The van der Waals surface area contributed by atoms with E-state index in [1.807, 2.05) is 6.92 Å². The van der Waals surface area contributed by atoms with Crippen molar-refractivity contribution in [3.63, 3.8) is 0 Å². The third-order valence-corrected chi connectivity index (χ3v) is 2.96. The summed E-state index contributed by atoms with van der Waals surface area (Å²) in [6, 6.07) is 3.26. The summed E-state index contributed by atoms with van der Waals surface area (Å²) in [7, 11) is 0. The summed E-state index contributed by atoms with van der Waals surface area (Å²) in [4.78, 5) is 0. The van der Waals surface area contributed by atoms with Crippen LogP contribution in [0.5, 0.6) is 0 Å². The Bertz CT molecular complexity index is 358. The van der Waals surface area contributed by atoms with Crippen LogP contribution >= 0.6 is 23.2 Å². The standard InChI is InChI=1S/C11H16Cl2N2O/c1-2-3-7(16)6-15-11-5-9(13)8(12)4-10(11)14/h4-5,7,15-16H,2-3,6,14H2,1H3. The molecule has 5 heteroatoms. The Morgan fingerprint density at radius 1 is 1.38 bits per heavy atom. The predicted octanol–water partition coefficient (Wildman–Crippen LogP) is 3.15. The first-order chi connectivity index (χ1) is 7.54. The number of hydrogen-bond acceptors (Lipinski definition) is 3. The average molecular weight is 263 g/mol. The molecule has 0 radical (unpaired) electrons. The lowest BCUT2D eigenvalue weighted by Crippen LogP contribution is -2.19. The lowest BCUT2D eigenvalue weighted by Gasteiger charge is -2.14. The van der Waals surface area contributed by atoms with Crippen LogP contribution in [0.1, 0.15) is 19.8 Å². The third-order valence-electron chi connectivity index (χ3n) is 2.24. The maximum absolute atomic E-state index is 9.56. The van der Waals surface area contributed by atoms with Gasteiger partial charge in [-0.05, 0) is 18.6 Å². The molecule has 16 heavy (non-hydrogen) atoms. The highest BCUT2D eigenvalue weighted by Gasteiger charge is 2.07. The second-order valence-corrected chi connectivity index (χ2v) is 4.49. The smallest absolute Gasteiger partial charge is 0.0712 e. The van der Waals surface area contributed by atoms with Crippen molar-refractivity contribution in [3.05, 3.63) is 22.2 Å². The van der Waals surface area contributed by atoms with Crippen LogP contribution in [0.25, 0.3) is 0 Å². The Balaban J connectivity index is 2.63. The molecular formula is C11H16Cl2N2O. The van der Waals surface area contributed by atoms with Crippen molar-refractivity contribution in [1.29, 1.82) is 0 Å². The van der Waals surface area contributed by atoms with E-state index in [1.54, 1.807) is 12.1 Å². The fraction of sp³-hybridized carbons (Fsp3) is 0.455. The van der Waals surface area contributed by atoms with E-state index in [9.17, 15) is 5.11 Å². The molecule has 1 unspecified atom stereocenters. The highest BCUT2D eigenvalue weighted by atomic mass is 35.5. The lowest BCUT2D eigenvalue weighted by molar-refractivity contribution is 0.176. The van der Waals surface area contributed by atoms with Crippen molar-refractivity contribution in [1.82, 2.24) is 0 Å². The zero-order chi connectivity index (χ0) is 12.1. The fourth-order valence-electron chi connectivity index (χ4n) is 1.38. The van der Waals surface area contributed by atoms with Gasteiger partial charge in [-0.2, -0.15) is 0 Å². The maximum Gasteiger partial charge on any atom is 0.0712 e. The topological polar surface area (TPSA) is 58.3 Å². The Morgan fingerprint density at radius 2 is 2.00 bits per heavy atom. The molecule has 4 N–H and O–H groups in total. The summed E-state index contributed by atoms with van der Waals surface area (Å²) in [5, 5.41) is 13.5. The van der Waals surface area contributed by atoms with Gasteiger partial charge in [-0.3, -0.25) is 0 Å². The van der Waals surface area contributed by atoms with Crippen molar-refractivity contribution in [2.24, 2.45) is 0 Å². The molecule has 0 aliphatic rings. The molecule has 0 bridgehead atoms. The number of aliphatic hydroxyl groups is 1. The van der Waals surface area contributed by atoms with Gasteiger partial charge in [0.25, 0.3) is 0 Å². The van der Waals surface area contributed by atoms with Crippen molar-refractivity contribution in [2.45, 2.75) is 25.9 Å². The Labute approximate surface area is 106 Å². The molecule has 0 amide bonds. The molecular weight excluding hydrogens is 247 g/mol. The van der Waals surface area contributed by atoms with Gasteiger partial charge in [0.1, 0.15) is 0 Å². The minimum atomic E-state index is -0.376. The largest absolute Gasteiger partial charge is 0.397 e. The highest BCUT2D eigenvalue weighted by Crippen LogP contribution is 2.30. The zero-order valence-corrected chi connectivity index (χ0v) is 10.6. The monoisotopic (exact) mass is 262 g/mol. The number of benzene rings is 1. The van der Waals surface area contributed by atoms with E-state index in [4.69, 9.17) is 28.9 Å². The molecule has 0 fully saturated rings. The van der Waals surface area contributed by atoms with Gasteiger partial charge in [-0.1, -0.05) is 36.5 Å². The van der Waals surface area contributed by atoms with Crippen LogP contribution in [0.3, 0.4) is 0 Å². The van der Waals surface area contributed by atoms with Gasteiger partial charge < -0.3 is 16.2 Å². The van der Waals surface area contributed by atoms with Crippen molar-refractivity contribution in [3.8, 4) is 0 Å². The van der Waals surface area contributed by atoms with Gasteiger partial charge in [0.05, 0.1) is 27.5 Å². The summed E-state index contributed by atoms with van der Waals surface area (Å²) in [5.74, 6) is 0. The van der Waals surface area contributed by atoms with Gasteiger partial charge >= 0.3 is 0 Å². The predicted molar refractivity (Wildman–Crippen MR) is 70.3 cm³/mol. The minimum Gasteiger partial charge on any atom is -0.397 e. The van der Waals surface area contributed by atoms with Gasteiger partial charge in [-0.25, -0.2) is 0 Å². The van der Waals surface area contributed by atoms with Crippen LogP contribution in [-0.4, -0.2) is 17.8 Å². The molecule has 90 valence electrons. The second-order valence-electron chi connectivity index (χ2n) is 3.68. The molecule has 1 atom stereocenters. The zero-order valence-electron chi connectivity index (χ0n) is 9.13. The number of nitrogens with two attached hydrogens (primary N) is 1. The number of nitrogens with one attached hydrogen (secondary N) is 1. The van der Waals surface area contributed by atoms with E-state index in [2.05, 4.69) is 5.32 Å². The average Bonchev–Trinajstić information content (AvgIpc) is 2.22. The molecule has 0 aliphatic heterocycles. The van der Waals surface area contributed by atoms with E-state index in [0.717, 1.165) is 12.8 Å². The normalized spacial score (nSPS) is 12.5. The summed E-state index contributed by atoms with van der Waals surface area (Å²) in [6.45, 7) is 2.48. The van der Waals surface area contributed by atoms with E-state index in [-0.39, 0.29) is 6.10 Å². The number of nitrogen functional groups attached to an aromatic ring is 1. The Morgan fingerprint density at radius 3 is 2.62 bits per heavy atom. The molecule has 1 aromatic rings. The quantitative estimate of drug-likeness (QED) is 0.715.